The van der Waals surface area contributed by atoms with Crippen molar-refractivity contribution in [1.82, 2.24) is 19.7 Å². The van der Waals surface area contributed by atoms with Gasteiger partial charge < -0.3 is 14.2 Å². The van der Waals surface area contributed by atoms with Crippen LogP contribution < -0.4 is 4.90 Å². The van der Waals surface area contributed by atoms with Crippen LogP contribution in [0.3, 0.4) is 0 Å². The molecule has 180 valence electrons. The number of piperazine rings is 1. The lowest BCUT2D eigenvalue weighted by atomic mass is 10.1. The molecule has 0 radical (unpaired) electrons. The second-order valence-electron chi connectivity index (χ2n) is 9.00. The normalized spacial score (nSPS) is 15.8. The van der Waals surface area contributed by atoms with Crippen molar-refractivity contribution in [2.24, 2.45) is 0 Å². The highest BCUT2D eigenvalue weighted by atomic mass is 16.6. The van der Waals surface area contributed by atoms with Gasteiger partial charge in [-0.05, 0) is 44.4 Å². The molecule has 2 aliphatic rings. The molecule has 3 heterocycles. The van der Waals surface area contributed by atoms with Crippen molar-refractivity contribution in [1.29, 1.82) is 5.26 Å². The van der Waals surface area contributed by atoms with E-state index in [9.17, 15) is 20.2 Å². The maximum Gasteiger partial charge on any atom is 0.312 e. The van der Waals surface area contributed by atoms with Gasteiger partial charge in [-0.1, -0.05) is 12.1 Å². The first-order valence-electron chi connectivity index (χ1n) is 11.6. The third-order valence-electron chi connectivity index (χ3n) is 6.57. The SMILES string of the molecule is Cc1nn(Cc2ccc(C(=O)N3CCN(c4oc(C5CC5)nc4C#N)CC3)cc2)c(C)c1[N+](=O)[O-]. The topological polar surface area (TPSA) is 134 Å². The number of amides is 1. The quantitative estimate of drug-likeness (QED) is 0.392. The fraction of sp³-hybridized carbons (Fsp3) is 0.417. The van der Waals surface area contributed by atoms with Crippen molar-refractivity contribution in [3.05, 3.63) is 68.5 Å². The molecule has 0 N–H and O–H groups in total. The Balaban J connectivity index is 1.21. The number of aromatic nitrogens is 3. The molecule has 2 aromatic heterocycles. The number of hydrogen-bond donors (Lipinski definition) is 0. The van der Waals surface area contributed by atoms with Crippen LogP contribution in [-0.4, -0.2) is 56.7 Å². The first-order chi connectivity index (χ1) is 16.9. The molecule has 3 aromatic rings. The van der Waals surface area contributed by atoms with Crippen LogP contribution in [0.25, 0.3) is 0 Å². The molecular formula is C24H25N7O4. The van der Waals surface area contributed by atoms with Gasteiger partial charge in [0.1, 0.15) is 17.5 Å². The zero-order valence-electron chi connectivity index (χ0n) is 19.6. The molecule has 1 aliphatic heterocycles. The number of hydrogen-bond acceptors (Lipinski definition) is 8. The minimum Gasteiger partial charge on any atom is -0.423 e. The lowest BCUT2D eigenvalue weighted by molar-refractivity contribution is -0.386. The van der Waals surface area contributed by atoms with Crippen molar-refractivity contribution in [3.63, 3.8) is 0 Å². The molecular weight excluding hydrogens is 450 g/mol. The highest BCUT2D eigenvalue weighted by molar-refractivity contribution is 5.94. The van der Waals surface area contributed by atoms with Gasteiger partial charge in [0.2, 0.25) is 17.5 Å². The van der Waals surface area contributed by atoms with Gasteiger partial charge in [-0.3, -0.25) is 19.6 Å². The summed E-state index contributed by atoms with van der Waals surface area (Å²) in [4.78, 5) is 32.0. The zero-order valence-corrected chi connectivity index (χ0v) is 19.6. The average molecular weight is 476 g/mol. The van der Waals surface area contributed by atoms with E-state index in [-0.39, 0.29) is 11.6 Å². The van der Waals surface area contributed by atoms with E-state index in [0.717, 1.165) is 18.4 Å². The van der Waals surface area contributed by atoms with Gasteiger partial charge in [0, 0.05) is 37.7 Å². The molecule has 0 spiro atoms. The first kappa shape index (κ1) is 22.6. The van der Waals surface area contributed by atoms with Crippen molar-refractivity contribution < 1.29 is 14.1 Å². The van der Waals surface area contributed by atoms with Crippen molar-refractivity contribution in [2.45, 2.75) is 39.2 Å². The van der Waals surface area contributed by atoms with E-state index >= 15 is 0 Å². The Hall–Kier alpha value is -4.20. The summed E-state index contributed by atoms with van der Waals surface area (Å²) in [5.74, 6) is 1.42. The molecule has 35 heavy (non-hydrogen) atoms. The number of anilines is 1. The van der Waals surface area contributed by atoms with Gasteiger partial charge in [0.05, 0.1) is 11.5 Å². The van der Waals surface area contributed by atoms with Gasteiger partial charge in [-0.25, -0.2) is 4.98 Å². The molecule has 5 rings (SSSR count). The minimum atomic E-state index is -0.411. The number of benzene rings is 1. The molecule has 1 saturated carbocycles. The van der Waals surface area contributed by atoms with E-state index in [0.29, 0.717) is 73.1 Å². The molecule has 2 fully saturated rings. The summed E-state index contributed by atoms with van der Waals surface area (Å²) >= 11 is 0. The number of nitriles is 1. The van der Waals surface area contributed by atoms with E-state index in [1.807, 2.05) is 17.0 Å². The Morgan fingerprint density at radius 1 is 1.20 bits per heavy atom. The molecule has 11 nitrogen and oxygen atoms in total. The molecule has 1 aromatic carbocycles. The second-order valence-corrected chi connectivity index (χ2v) is 9.00. The van der Waals surface area contributed by atoms with Crippen LogP contribution >= 0.6 is 0 Å². The predicted octanol–water partition coefficient (Wildman–Crippen LogP) is 3.16. The molecule has 1 aliphatic carbocycles. The van der Waals surface area contributed by atoms with Crippen LogP contribution in [-0.2, 0) is 6.54 Å². The van der Waals surface area contributed by atoms with Gasteiger partial charge in [-0.15, -0.1) is 0 Å². The number of nitrogens with zero attached hydrogens (tertiary/aromatic N) is 7. The summed E-state index contributed by atoms with van der Waals surface area (Å²) in [6.07, 6.45) is 2.10. The maximum absolute atomic E-state index is 13.0. The van der Waals surface area contributed by atoms with Crippen molar-refractivity contribution in [2.75, 3.05) is 31.1 Å². The minimum absolute atomic E-state index is 0.0342. The van der Waals surface area contributed by atoms with Crippen LogP contribution in [0, 0.1) is 35.3 Å². The molecule has 11 heteroatoms. The third kappa shape index (κ3) is 4.35. The first-order valence-corrected chi connectivity index (χ1v) is 11.6. The van der Waals surface area contributed by atoms with E-state index in [2.05, 4.69) is 16.2 Å². The van der Waals surface area contributed by atoms with Gasteiger partial charge in [-0.2, -0.15) is 10.4 Å². The average Bonchev–Trinajstić information content (AvgIpc) is 3.55. The molecule has 0 unspecified atom stereocenters. The Kier molecular flexibility index (Phi) is 5.72. The number of carbonyl (C=O) groups excluding carboxylic acids is 1. The lowest BCUT2D eigenvalue weighted by Gasteiger charge is -2.34. The molecule has 0 atom stereocenters. The summed E-state index contributed by atoms with van der Waals surface area (Å²) in [7, 11) is 0. The number of rotatable bonds is 6. The summed E-state index contributed by atoms with van der Waals surface area (Å²) in [6, 6.07) is 9.37. The highest BCUT2D eigenvalue weighted by Gasteiger charge is 2.33. The molecule has 0 bridgehead atoms. The van der Waals surface area contributed by atoms with Crippen molar-refractivity contribution >= 4 is 17.5 Å². The number of aryl methyl sites for hydroxylation is 1. The van der Waals surface area contributed by atoms with Crippen LogP contribution in [0.4, 0.5) is 11.6 Å². The number of nitro groups is 1. The van der Waals surface area contributed by atoms with Crippen LogP contribution in [0.1, 0.15) is 57.7 Å². The van der Waals surface area contributed by atoms with E-state index in [4.69, 9.17) is 4.42 Å². The third-order valence-corrected chi connectivity index (χ3v) is 6.57. The molecule has 1 amide bonds. The van der Waals surface area contributed by atoms with E-state index < -0.39 is 4.92 Å². The predicted molar refractivity (Wildman–Crippen MR) is 125 cm³/mol. The zero-order chi connectivity index (χ0) is 24.7. The maximum atomic E-state index is 13.0. The Morgan fingerprint density at radius 3 is 2.46 bits per heavy atom. The van der Waals surface area contributed by atoms with Crippen molar-refractivity contribution in [3.8, 4) is 6.07 Å². The largest absolute Gasteiger partial charge is 0.423 e. The van der Waals surface area contributed by atoms with E-state index in [1.165, 1.54) is 0 Å². The van der Waals surface area contributed by atoms with Crippen LogP contribution in [0.15, 0.2) is 28.7 Å². The summed E-state index contributed by atoms with van der Waals surface area (Å²) in [5.41, 5.74) is 2.71. The summed E-state index contributed by atoms with van der Waals surface area (Å²) in [6.45, 7) is 5.85. The summed E-state index contributed by atoms with van der Waals surface area (Å²) < 4.78 is 7.49. The smallest absolute Gasteiger partial charge is 0.312 e. The standard InChI is InChI=1S/C24H25N7O4/c1-15-21(31(33)34)16(2)30(27-15)14-17-3-5-19(6-4-17)23(32)28-9-11-29(12-10-28)24-20(13-25)26-22(35-24)18-7-8-18/h3-6,18H,7-12,14H2,1-2H3. The van der Waals surface area contributed by atoms with Gasteiger partial charge in [0.25, 0.3) is 5.91 Å². The Morgan fingerprint density at radius 2 is 1.89 bits per heavy atom. The van der Waals surface area contributed by atoms with E-state index in [1.54, 1.807) is 35.6 Å². The van der Waals surface area contributed by atoms with Crippen LogP contribution in [0.5, 0.6) is 0 Å². The highest BCUT2D eigenvalue weighted by Crippen LogP contribution is 2.41. The Bertz CT molecular complexity index is 1320. The fourth-order valence-electron chi connectivity index (χ4n) is 4.45. The van der Waals surface area contributed by atoms with Crippen LogP contribution in [0.2, 0.25) is 0 Å². The molecule has 1 saturated heterocycles. The van der Waals surface area contributed by atoms with Gasteiger partial charge >= 0.3 is 5.69 Å². The summed E-state index contributed by atoms with van der Waals surface area (Å²) in [5, 5.41) is 24.9. The number of carbonyl (C=O) groups is 1. The number of oxazole rings is 1. The fourth-order valence-corrected chi connectivity index (χ4v) is 4.45. The monoisotopic (exact) mass is 475 g/mol. The van der Waals surface area contributed by atoms with Gasteiger partial charge in [0.15, 0.2) is 0 Å². The lowest BCUT2D eigenvalue weighted by Crippen LogP contribution is -2.48. The second kappa shape index (κ2) is 8.87. The Labute approximate surface area is 201 Å².